The standard InChI is InChI=1S/C15H25N3O2/c1-3-5-6-7-15(20)18-11-9-17(10-12-18)13-14(19)16-8-4-2/h3,5-7H,4,8-13H2,1-2H3,(H,16,19). The number of carbonyl (C=O) groups is 2. The fourth-order valence-electron chi connectivity index (χ4n) is 2.00. The van der Waals surface area contributed by atoms with Crippen molar-refractivity contribution in [3.63, 3.8) is 0 Å². The Hall–Kier alpha value is -1.62. The van der Waals surface area contributed by atoms with Crippen LogP contribution in [0.2, 0.25) is 0 Å². The molecule has 5 nitrogen and oxygen atoms in total. The molecule has 0 saturated carbocycles. The molecule has 1 fully saturated rings. The minimum atomic E-state index is 0.0400. The monoisotopic (exact) mass is 279 g/mol. The van der Waals surface area contributed by atoms with Crippen molar-refractivity contribution in [3.05, 3.63) is 24.3 Å². The largest absolute Gasteiger partial charge is 0.355 e. The van der Waals surface area contributed by atoms with Gasteiger partial charge in [0.1, 0.15) is 0 Å². The molecule has 1 aliphatic rings. The summed E-state index contributed by atoms with van der Waals surface area (Å²) < 4.78 is 0. The molecule has 0 bridgehead atoms. The van der Waals surface area contributed by atoms with Crippen molar-refractivity contribution in [3.8, 4) is 0 Å². The van der Waals surface area contributed by atoms with Crippen molar-refractivity contribution < 1.29 is 9.59 Å². The van der Waals surface area contributed by atoms with Gasteiger partial charge in [-0.3, -0.25) is 14.5 Å². The SMILES string of the molecule is CC=CC=CC(=O)N1CCN(CC(=O)NCCC)CC1. The van der Waals surface area contributed by atoms with E-state index >= 15 is 0 Å². The number of nitrogens with one attached hydrogen (secondary N) is 1. The molecule has 5 heteroatoms. The van der Waals surface area contributed by atoms with E-state index in [1.165, 1.54) is 0 Å². The summed E-state index contributed by atoms with van der Waals surface area (Å²) in [6, 6.07) is 0. The van der Waals surface area contributed by atoms with Crippen LogP contribution in [0.4, 0.5) is 0 Å². The molecule has 1 rings (SSSR count). The van der Waals surface area contributed by atoms with E-state index in [4.69, 9.17) is 0 Å². The molecule has 0 aromatic rings. The van der Waals surface area contributed by atoms with Gasteiger partial charge in [0.25, 0.3) is 0 Å². The molecule has 0 aliphatic carbocycles. The van der Waals surface area contributed by atoms with E-state index in [1.807, 2.05) is 30.9 Å². The highest BCUT2D eigenvalue weighted by molar-refractivity contribution is 5.88. The van der Waals surface area contributed by atoms with Crippen LogP contribution in [0.25, 0.3) is 0 Å². The Bertz CT molecular complexity index is 369. The molecule has 1 heterocycles. The van der Waals surface area contributed by atoms with Crippen LogP contribution in [0, 0.1) is 0 Å². The van der Waals surface area contributed by atoms with Gasteiger partial charge in [0.2, 0.25) is 11.8 Å². The Morgan fingerprint density at radius 2 is 1.85 bits per heavy atom. The average Bonchev–Trinajstić information content (AvgIpc) is 2.46. The molecule has 1 aliphatic heterocycles. The second kappa shape index (κ2) is 9.31. The number of amides is 2. The Morgan fingerprint density at radius 3 is 2.45 bits per heavy atom. The van der Waals surface area contributed by atoms with Gasteiger partial charge in [-0.1, -0.05) is 25.2 Å². The lowest BCUT2D eigenvalue weighted by Gasteiger charge is -2.33. The lowest BCUT2D eigenvalue weighted by molar-refractivity contribution is -0.128. The number of hydrogen-bond donors (Lipinski definition) is 1. The third-order valence-corrected chi connectivity index (χ3v) is 3.17. The number of allylic oxidation sites excluding steroid dienone is 3. The molecule has 0 aromatic heterocycles. The van der Waals surface area contributed by atoms with Crippen LogP contribution >= 0.6 is 0 Å². The highest BCUT2D eigenvalue weighted by Gasteiger charge is 2.20. The molecule has 0 unspecified atom stereocenters. The van der Waals surface area contributed by atoms with Crippen molar-refractivity contribution in [1.82, 2.24) is 15.1 Å². The van der Waals surface area contributed by atoms with Gasteiger partial charge in [0.05, 0.1) is 6.54 Å². The fraction of sp³-hybridized carbons (Fsp3) is 0.600. The summed E-state index contributed by atoms with van der Waals surface area (Å²) in [6.45, 7) is 7.97. The van der Waals surface area contributed by atoms with E-state index in [0.29, 0.717) is 19.6 Å². The fourth-order valence-corrected chi connectivity index (χ4v) is 2.00. The van der Waals surface area contributed by atoms with E-state index in [0.717, 1.165) is 26.1 Å². The zero-order valence-electron chi connectivity index (χ0n) is 12.5. The zero-order valence-corrected chi connectivity index (χ0v) is 12.5. The highest BCUT2D eigenvalue weighted by atomic mass is 16.2. The van der Waals surface area contributed by atoms with Crippen molar-refractivity contribution in [2.24, 2.45) is 0 Å². The molecule has 0 aromatic carbocycles. The minimum absolute atomic E-state index is 0.0400. The quantitative estimate of drug-likeness (QED) is 0.578. The summed E-state index contributed by atoms with van der Waals surface area (Å²) in [4.78, 5) is 27.4. The second-order valence-corrected chi connectivity index (χ2v) is 4.84. The van der Waals surface area contributed by atoms with Crippen LogP contribution in [-0.4, -0.2) is 60.9 Å². The minimum Gasteiger partial charge on any atom is -0.355 e. The van der Waals surface area contributed by atoms with Crippen molar-refractivity contribution >= 4 is 11.8 Å². The highest BCUT2D eigenvalue weighted by Crippen LogP contribution is 2.02. The molecule has 1 N–H and O–H groups in total. The van der Waals surface area contributed by atoms with Gasteiger partial charge < -0.3 is 10.2 Å². The maximum Gasteiger partial charge on any atom is 0.246 e. The number of piperazine rings is 1. The predicted molar refractivity (Wildman–Crippen MR) is 80.3 cm³/mol. The first-order chi connectivity index (χ1) is 9.67. The Morgan fingerprint density at radius 1 is 1.15 bits per heavy atom. The number of nitrogens with zero attached hydrogens (tertiary/aromatic N) is 2. The molecule has 0 radical (unpaired) electrons. The molecule has 20 heavy (non-hydrogen) atoms. The van der Waals surface area contributed by atoms with Crippen LogP contribution in [0.3, 0.4) is 0 Å². The third-order valence-electron chi connectivity index (χ3n) is 3.17. The van der Waals surface area contributed by atoms with E-state index in [-0.39, 0.29) is 11.8 Å². The van der Waals surface area contributed by atoms with Gasteiger partial charge in [0, 0.05) is 38.8 Å². The van der Waals surface area contributed by atoms with Crippen molar-refractivity contribution in [2.45, 2.75) is 20.3 Å². The summed E-state index contributed by atoms with van der Waals surface area (Å²) in [6.07, 6.45) is 8.02. The van der Waals surface area contributed by atoms with Crippen LogP contribution in [0.1, 0.15) is 20.3 Å². The summed E-state index contributed by atoms with van der Waals surface area (Å²) in [7, 11) is 0. The van der Waals surface area contributed by atoms with Crippen molar-refractivity contribution in [1.29, 1.82) is 0 Å². The lowest BCUT2D eigenvalue weighted by Crippen LogP contribution is -2.50. The smallest absolute Gasteiger partial charge is 0.246 e. The summed E-state index contributed by atoms with van der Waals surface area (Å²) in [5.41, 5.74) is 0. The normalized spacial score (nSPS) is 17.0. The number of hydrogen-bond acceptors (Lipinski definition) is 3. The topological polar surface area (TPSA) is 52.7 Å². The van der Waals surface area contributed by atoms with Crippen molar-refractivity contribution in [2.75, 3.05) is 39.3 Å². The second-order valence-electron chi connectivity index (χ2n) is 4.84. The first kappa shape index (κ1) is 16.4. The zero-order chi connectivity index (χ0) is 14.8. The molecule has 2 amide bonds. The maximum absolute atomic E-state index is 11.9. The predicted octanol–water partition coefficient (Wildman–Crippen LogP) is 0.789. The molecule has 0 spiro atoms. The van der Waals surface area contributed by atoms with Crippen LogP contribution in [-0.2, 0) is 9.59 Å². The van der Waals surface area contributed by atoms with E-state index < -0.39 is 0 Å². The van der Waals surface area contributed by atoms with Gasteiger partial charge >= 0.3 is 0 Å². The van der Waals surface area contributed by atoms with E-state index in [1.54, 1.807) is 12.2 Å². The number of carbonyl (C=O) groups excluding carboxylic acids is 2. The molecule has 112 valence electrons. The van der Waals surface area contributed by atoms with Gasteiger partial charge in [-0.05, 0) is 13.3 Å². The third kappa shape index (κ3) is 6.02. The Balaban J connectivity index is 2.29. The van der Waals surface area contributed by atoms with Crippen LogP contribution in [0.5, 0.6) is 0 Å². The average molecular weight is 279 g/mol. The first-order valence-electron chi connectivity index (χ1n) is 7.24. The molecule has 1 saturated heterocycles. The van der Waals surface area contributed by atoms with E-state index in [9.17, 15) is 9.59 Å². The number of rotatable bonds is 6. The summed E-state index contributed by atoms with van der Waals surface area (Å²) >= 11 is 0. The van der Waals surface area contributed by atoms with Crippen LogP contribution < -0.4 is 5.32 Å². The molecular weight excluding hydrogens is 254 g/mol. The lowest BCUT2D eigenvalue weighted by atomic mass is 10.3. The molecular formula is C15H25N3O2. The Kier molecular flexibility index (Phi) is 7.65. The van der Waals surface area contributed by atoms with E-state index in [2.05, 4.69) is 10.2 Å². The van der Waals surface area contributed by atoms with Gasteiger partial charge in [-0.15, -0.1) is 0 Å². The molecule has 0 atom stereocenters. The first-order valence-corrected chi connectivity index (χ1v) is 7.24. The van der Waals surface area contributed by atoms with Gasteiger partial charge in [-0.2, -0.15) is 0 Å². The Labute approximate surface area is 121 Å². The van der Waals surface area contributed by atoms with Crippen LogP contribution in [0.15, 0.2) is 24.3 Å². The van der Waals surface area contributed by atoms with Gasteiger partial charge in [0.15, 0.2) is 0 Å². The maximum atomic E-state index is 11.9. The van der Waals surface area contributed by atoms with Gasteiger partial charge in [-0.25, -0.2) is 0 Å². The summed E-state index contributed by atoms with van der Waals surface area (Å²) in [5, 5.41) is 2.87. The summed E-state index contributed by atoms with van der Waals surface area (Å²) in [5.74, 6) is 0.109.